The van der Waals surface area contributed by atoms with Crippen LogP contribution in [-0.2, 0) is 6.42 Å². The van der Waals surface area contributed by atoms with Crippen molar-refractivity contribution in [1.29, 1.82) is 0 Å². The van der Waals surface area contributed by atoms with E-state index in [-0.39, 0.29) is 18.0 Å². The molecule has 96 valence electrons. The summed E-state index contributed by atoms with van der Waals surface area (Å²) >= 11 is 4.94. The zero-order chi connectivity index (χ0) is 13.1. The molecule has 0 saturated heterocycles. The molecule has 1 nitrogen and oxygen atoms in total. The standard InChI is InChI=1S/C13H12BrF2NS/c1-17-12(8-5-13(14)18-7-8)6-9-10(15)3-2-4-11(9)16/h2-5,7,12,17H,6H2,1H3. The molecule has 1 aromatic heterocycles. The molecule has 2 aromatic rings. The van der Waals surface area contributed by atoms with Crippen LogP contribution >= 0.6 is 27.3 Å². The molecule has 1 heterocycles. The van der Waals surface area contributed by atoms with E-state index >= 15 is 0 Å². The van der Waals surface area contributed by atoms with Crippen molar-refractivity contribution in [2.45, 2.75) is 12.5 Å². The fourth-order valence-electron chi connectivity index (χ4n) is 1.82. The number of likely N-dealkylation sites (N-methyl/N-ethyl adjacent to an activating group) is 1. The summed E-state index contributed by atoms with van der Waals surface area (Å²) in [5.41, 5.74) is 1.15. The van der Waals surface area contributed by atoms with Gasteiger partial charge in [-0.15, -0.1) is 11.3 Å². The second-order valence-electron chi connectivity index (χ2n) is 3.93. The Morgan fingerprint density at radius 3 is 2.50 bits per heavy atom. The van der Waals surface area contributed by atoms with Gasteiger partial charge in [-0.2, -0.15) is 0 Å². The van der Waals surface area contributed by atoms with Crippen LogP contribution in [0.2, 0.25) is 0 Å². The maximum Gasteiger partial charge on any atom is 0.129 e. The molecular formula is C13H12BrF2NS. The average molecular weight is 332 g/mol. The van der Waals surface area contributed by atoms with Gasteiger partial charge in [0.2, 0.25) is 0 Å². The highest BCUT2D eigenvalue weighted by Crippen LogP contribution is 2.28. The SMILES string of the molecule is CNC(Cc1c(F)cccc1F)c1csc(Br)c1. The highest BCUT2D eigenvalue weighted by molar-refractivity contribution is 9.11. The number of hydrogen-bond acceptors (Lipinski definition) is 2. The van der Waals surface area contributed by atoms with Crippen LogP contribution in [0.1, 0.15) is 17.2 Å². The van der Waals surface area contributed by atoms with Crippen molar-refractivity contribution in [1.82, 2.24) is 5.32 Å². The second-order valence-corrected chi connectivity index (χ2v) is 6.22. The molecule has 18 heavy (non-hydrogen) atoms. The van der Waals surface area contributed by atoms with E-state index in [0.29, 0.717) is 0 Å². The van der Waals surface area contributed by atoms with Crippen molar-refractivity contribution in [2.75, 3.05) is 7.05 Å². The predicted octanol–water partition coefficient (Wildman–Crippen LogP) is 4.29. The Morgan fingerprint density at radius 1 is 1.33 bits per heavy atom. The van der Waals surface area contributed by atoms with Crippen LogP contribution in [0.5, 0.6) is 0 Å². The van der Waals surface area contributed by atoms with Crippen LogP contribution in [0, 0.1) is 11.6 Å². The third-order valence-corrected chi connectivity index (χ3v) is 4.33. The van der Waals surface area contributed by atoms with Gasteiger partial charge in [-0.3, -0.25) is 0 Å². The van der Waals surface area contributed by atoms with Gasteiger partial charge in [0.25, 0.3) is 0 Å². The molecule has 0 aliphatic rings. The summed E-state index contributed by atoms with van der Waals surface area (Å²) in [5.74, 6) is -0.992. The van der Waals surface area contributed by atoms with Crippen molar-refractivity contribution in [2.24, 2.45) is 0 Å². The fraction of sp³-hybridized carbons (Fsp3) is 0.231. The largest absolute Gasteiger partial charge is 0.313 e. The van der Waals surface area contributed by atoms with Gasteiger partial charge in [0, 0.05) is 11.6 Å². The second kappa shape index (κ2) is 5.91. The van der Waals surface area contributed by atoms with E-state index < -0.39 is 11.6 Å². The Kier molecular flexibility index (Phi) is 4.48. The van der Waals surface area contributed by atoms with Gasteiger partial charge in [-0.25, -0.2) is 8.78 Å². The third-order valence-electron chi connectivity index (χ3n) is 2.81. The van der Waals surface area contributed by atoms with E-state index in [1.54, 1.807) is 18.4 Å². The maximum absolute atomic E-state index is 13.6. The molecule has 0 saturated carbocycles. The summed E-state index contributed by atoms with van der Waals surface area (Å²) in [4.78, 5) is 0. The van der Waals surface area contributed by atoms with E-state index in [1.807, 2.05) is 11.4 Å². The highest BCUT2D eigenvalue weighted by atomic mass is 79.9. The van der Waals surface area contributed by atoms with Crippen LogP contribution in [-0.4, -0.2) is 7.05 Å². The summed E-state index contributed by atoms with van der Waals surface area (Å²) < 4.78 is 28.2. The molecule has 0 aliphatic heterocycles. The number of halogens is 3. The Morgan fingerprint density at radius 2 is 2.00 bits per heavy atom. The normalized spacial score (nSPS) is 12.7. The van der Waals surface area contributed by atoms with Gasteiger partial charge in [0.15, 0.2) is 0 Å². The number of benzene rings is 1. The van der Waals surface area contributed by atoms with Crippen LogP contribution in [0.3, 0.4) is 0 Å². The van der Waals surface area contributed by atoms with Crippen molar-refractivity contribution in [3.63, 3.8) is 0 Å². The van der Waals surface area contributed by atoms with Crippen LogP contribution in [0.4, 0.5) is 8.78 Å². The van der Waals surface area contributed by atoms with Gasteiger partial charge < -0.3 is 5.32 Å². The van der Waals surface area contributed by atoms with Gasteiger partial charge in [0.05, 0.1) is 3.79 Å². The summed E-state index contributed by atoms with van der Waals surface area (Å²) in [7, 11) is 1.79. The van der Waals surface area contributed by atoms with Gasteiger partial charge >= 0.3 is 0 Å². The lowest BCUT2D eigenvalue weighted by molar-refractivity contribution is 0.516. The van der Waals surface area contributed by atoms with Crippen LogP contribution in [0.25, 0.3) is 0 Å². The molecule has 0 spiro atoms. The quantitative estimate of drug-likeness (QED) is 0.881. The molecule has 1 aromatic carbocycles. The molecule has 0 aliphatic carbocycles. The number of hydrogen-bond donors (Lipinski definition) is 1. The first-order chi connectivity index (χ1) is 8.61. The first kappa shape index (κ1) is 13.6. The topological polar surface area (TPSA) is 12.0 Å². The van der Waals surface area contributed by atoms with E-state index in [1.165, 1.54) is 18.2 Å². The smallest absolute Gasteiger partial charge is 0.129 e. The summed E-state index contributed by atoms with van der Waals surface area (Å²) in [6.07, 6.45) is 0.290. The van der Waals surface area contributed by atoms with Gasteiger partial charge in [0.1, 0.15) is 11.6 Å². The van der Waals surface area contributed by atoms with E-state index in [0.717, 1.165) is 9.35 Å². The lowest BCUT2D eigenvalue weighted by atomic mass is 10.0. The fourth-order valence-corrected chi connectivity index (χ4v) is 3.05. The van der Waals surface area contributed by atoms with Crippen molar-refractivity contribution in [3.05, 3.63) is 56.2 Å². The van der Waals surface area contributed by atoms with Crippen LogP contribution < -0.4 is 5.32 Å². The van der Waals surface area contributed by atoms with Gasteiger partial charge in [-0.1, -0.05) is 6.07 Å². The Balaban J connectivity index is 2.26. The lowest BCUT2D eigenvalue weighted by Crippen LogP contribution is -2.19. The summed E-state index contributed by atoms with van der Waals surface area (Å²) in [5, 5.41) is 5.06. The molecule has 1 atom stereocenters. The number of thiophene rings is 1. The molecule has 0 radical (unpaired) electrons. The predicted molar refractivity (Wildman–Crippen MR) is 73.9 cm³/mol. The molecule has 0 fully saturated rings. The molecule has 5 heteroatoms. The van der Waals surface area contributed by atoms with Crippen molar-refractivity contribution >= 4 is 27.3 Å². The Hall–Kier alpha value is -0.780. The van der Waals surface area contributed by atoms with Crippen molar-refractivity contribution in [3.8, 4) is 0 Å². The summed E-state index contributed by atoms with van der Waals surface area (Å²) in [6.45, 7) is 0. The van der Waals surface area contributed by atoms with E-state index in [2.05, 4.69) is 21.2 Å². The minimum atomic E-state index is -0.496. The molecule has 0 bridgehead atoms. The third kappa shape index (κ3) is 2.96. The summed E-state index contributed by atoms with van der Waals surface area (Å²) in [6, 6.07) is 5.82. The number of nitrogens with one attached hydrogen (secondary N) is 1. The lowest BCUT2D eigenvalue weighted by Gasteiger charge is -2.15. The van der Waals surface area contributed by atoms with Crippen molar-refractivity contribution < 1.29 is 8.78 Å². The Bertz CT molecular complexity index is 521. The average Bonchev–Trinajstić information content (AvgIpc) is 2.76. The maximum atomic E-state index is 13.6. The minimum absolute atomic E-state index is 0.0982. The first-order valence-corrected chi connectivity index (χ1v) is 7.13. The molecule has 2 rings (SSSR count). The minimum Gasteiger partial charge on any atom is -0.313 e. The highest BCUT2D eigenvalue weighted by Gasteiger charge is 2.17. The molecule has 1 N–H and O–H groups in total. The molecular weight excluding hydrogens is 320 g/mol. The van der Waals surface area contributed by atoms with Gasteiger partial charge in [-0.05, 0) is 58.5 Å². The zero-order valence-electron chi connectivity index (χ0n) is 9.71. The molecule has 1 unspecified atom stereocenters. The first-order valence-electron chi connectivity index (χ1n) is 5.46. The Labute approximate surface area is 117 Å². The number of rotatable bonds is 4. The van der Waals surface area contributed by atoms with E-state index in [4.69, 9.17) is 0 Å². The monoisotopic (exact) mass is 331 g/mol. The van der Waals surface area contributed by atoms with Crippen LogP contribution in [0.15, 0.2) is 33.4 Å². The van der Waals surface area contributed by atoms with E-state index in [9.17, 15) is 8.78 Å². The molecule has 0 amide bonds. The zero-order valence-corrected chi connectivity index (χ0v) is 12.1.